The van der Waals surface area contributed by atoms with Gasteiger partial charge in [-0.1, -0.05) is 5.21 Å². The molecule has 0 bridgehead atoms. The summed E-state index contributed by atoms with van der Waals surface area (Å²) < 4.78 is 53.1. The number of hydrogen-bond donors (Lipinski definition) is 4. The van der Waals surface area contributed by atoms with Crippen LogP contribution >= 0.6 is 11.8 Å². The summed E-state index contributed by atoms with van der Waals surface area (Å²) in [4.78, 5) is 15.0. The standard InChI is InChI=1S/C24H29F3N4O7S/c25-13-8-12(9-14(26)17(13)27)15-10-31(29-28-15)18-19(33)16(11-32)38-23(20(18)34)39-21(22(35)30-4-1-5-30)24(36)2-6-37-7-3-24/h8-10,16,18-21,23,32-34,36H,1-7,11H2/t16-,18+,19+,20-,21?,23+/m1/s1. The van der Waals surface area contributed by atoms with Crippen LogP contribution in [0.4, 0.5) is 13.2 Å². The van der Waals surface area contributed by atoms with E-state index in [-0.39, 0.29) is 43.2 Å². The van der Waals surface area contributed by atoms with Gasteiger partial charge in [-0.15, -0.1) is 16.9 Å². The van der Waals surface area contributed by atoms with Crippen LogP contribution in [-0.2, 0) is 14.3 Å². The highest BCUT2D eigenvalue weighted by atomic mass is 32.2. The Labute approximate surface area is 225 Å². The molecule has 15 heteroatoms. The molecule has 0 spiro atoms. The maximum Gasteiger partial charge on any atom is 0.238 e. The average molecular weight is 575 g/mol. The molecule has 2 aromatic rings. The van der Waals surface area contributed by atoms with Crippen LogP contribution < -0.4 is 0 Å². The third-order valence-electron chi connectivity index (χ3n) is 7.45. The van der Waals surface area contributed by atoms with Gasteiger partial charge in [-0.2, -0.15) is 0 Å². The lowest BCUT2D eigenvalue weighted by atomic mass is 9.89. The number of halogens is 3. The van der Waals surface area contributed by atoms with Crippen molar-refractivity contribution >= 4 is 17.7 Å². The second-order valence-electron chi connectivity index (χ2n) is 9.95. The van der Waals surface area contributed by atoms with Gasteiger partial charge in [0.15, 0.2) is 17.5 Å². The minimum absolute atomic E-state index is 0.0641. The van der Waals surface area contributed by atoms with E-state index >= 15 is 0 Å². The summed E-state index contributed by atoms with van der Waals surface area (Å²) in [6.07, 6.45) is -1.77. The number of benzene rings is 1. The number of likely N-dealkylation sites (tertiary alicyclic amines) is 1. The van der Waals surface area contributed by atoms with Crippen LogP contribution in [-0.4, -0.2) is 114 Å². The molecule has 3 saturated heterocycles. The predicted molar refractivity (Wildman–Crippen MR) is 130 cm³/mol. The molecule has 1 aromatic heterocycles. The monoisotopic (exact) mass is 574 g/mol. The highest BCUT2D eigenvalue weighted by molar-refractivity contribution is 8.01. The van der Waals surface area contributed by atoms with E-state index in [1.807, 2.05) is 0 Å². The molecule has 0 saturated carbocycles. The maximum absolute atomic E-state index is 13.8. The highest BCUT2D eigenvalue weighted by Gasteiger charge is 2.52. The third-order valence-corrected chi connectivity index (χ3v) is 9.02. The molecule has 1 aromatic carbocycles. The van der Waals surface area contributed by atoms with Gasteiger partial charge in [0.1, 0.15) is 40.7 Å². The van der Waals surface area contributed by atoms with E-state index in [9.17, 15) is 38.4 Å². The van der Waals surface area contributed by atoms with E-state index in [0.717, 1.165) is 35.0 Å². The van der Waals surface area contributed by atoms with E-state index in [2.05, 4.69) is 10.3 Å². The van der Waals surface area contributed by atoms with Crippen molar-refractivity contribution in [2.75, 3.05) is 32.9 Å². The molecule has 3 aliphatic heterocycles. The zero-order chi connectivity index (χ0) is 27.9. The largest absolute Gasteiger partial charge is 0.394 e. The zero-order valence-corrected chi connectivity index (χ0v) is 21.5. The molecule has 3 fully saturated rings. The molecule has 5 rings (SSSR count). The Bertz CT molecular complexity index is 1170. The van der Waals surface area contributed by atoms with Crippen LogP contribution in [0.25, 0.3) is 11.3 Å². The first-order valence-corrected chi connectivity index (χ1v) is 13.5. The number of aliphatic hydroxyl groups is 4. The first-order chi connectivity index (χ1) is 18.6. The first-order valence-electron chi connectivity index (χ1n) is 12.6. The van der Waals surface area contributed by atoms with Gasteiger partial charge in [0.05, 0.1) is 18.4 Å². The van der Waals surface area contributed by atoms with Gasteiger partial charge >= 0.3 is 0 Å². The van der Waals surface area contributed by atoms with E-state index in [4.69, 9.17) is 9.47 Å². The fourth-order valence-corrected chi connectivity index (χ4v) is 6.54. The molecule has 0 radical (unpaired) electrons. The van der Waals surface area contributed by atoms with Gasteiger partial charge in [-0.05, 0) is 18.6 Å². The van der Waals surface area contributed by atoms with E-state index < -0.39 is 64.7 Å². The Morgan fingerprint density at radius 1 is 1.15 bits per heavy atom. The number of carbonyl (C=O) groups excluding carboxylic acids is 1. The number of aromatic nitrogens is 3. The Morgan fingerprint density at radius 3 is 2.41 bits per heavy atom. The Kier molecular flexibility index (Phi) is 8.20. The molecular weight excluding hydrogens is 545 g/mol. The second-order valence-corrected chi connectivity index (χ2v) is 11.2. The van der Waals surface area contributed by atoms with Gasteiger partial charge in [-0.3, -0.25) is 4.79 Å². The minimum Gasteiger partial charge on any atom is -0.394 e. The van der Waals surface area contributed by atoms with Crippen molar-refractivity contribution in [2.45, 2.75) is 59.9 Å². The van der Waals surface area contributed by atoms with Crippen LogP contribution in [0.5, 0.6) is 0 Å². The molecule has 214 valence electrons. The van der Waals surface area contributed by atoms with Crippen LogP contribution in [0.3, 0.4) is 0 Å². The van der Waals surface area contributed by atoms with E-state index in [1.165, 1.54) is 6.20 Å². The molecule has 4 heterocycles. The number of amides is 1. The number of rotatable bonds is 7. The van der Waals surface area contributed by atoms with Crippen LogP contribution in [0.1, 0.15) is 25.3 Å². The number of thioether (sulfide) groups is 1. The van der Waals surface area contributed by atoms with Crippen molar-refractivity contribution in [3.8, 4) is 11.3 Å². The molecule has 0 aliphatic carbocycles. The Hall–Kier alpha value is -2.27. The first kappa shape index (κ1) is 28.3. The quantitative estimate of drug-likeness (QED) is 0.338. The number of nitrogens with zero attached hydrogens (tertiary/aromatic N) is 4. The van der Waals surface area contributed by atoms with Crippen molar-refractivity contribution < 1.29 is 47.9 Å². The van der Waals surface area contributed by atoms with E-state index in [1.54, 1.807) is 4.90 Å². The molecule has 4 N–H and O–H groups in total. The normalized spacial score (nSPS) is 29.6. The third kappa shape index (κ3) is 5.40. The molecule has 1 unspecified atom stereocenters. The van der Waals surface area contributed by atoms with Gasteiger partial charge in [-0.25, -0.2) is 17.9 Å². The van der Waals surface area contributed by atoms with Crippen molar-refractivity contribution in [2.24, 2.45) is 0 Å². The molecule has 39 heavy (non-hydrogen) atoms. The average Bonchev–Trinajstić information content (AvgIpc) is 3.35. The predicted octanol–water partition coefficient (Wildman–Crippen LogP) is 0.218. The van der Waals surface area contributed by atoms with Gasteiger partial charge < -0.3 is 34.8 Å². The van der Waals surface area contributed by atoms with Crippen LogP contribution in [0, 0.1) is 17.5 Å². The smallest absolute Gasteiger partial charge is 0.238 e. The Morgan fingerprint density at radius 2 is 1.82 bits per heavy atom. The summed E-state index contributed by atoms with van der Waals surface area (Å²) in [5.74, 6) is -4.79. The summed E-state index contributed by atoms with van der Waals surface area (Å²) in [5, 5.41) is 50.3. The summed E-state index contributed by atoms with van der Waals surface area (Å²) in [6, 6.07) is 0.215. The molecule has 3 aliphatic rings. The van der Waals surface area contributed by atoms with Gasteiger partial charge in [0, 0.05) is 44.7 Å². The number of carbonyl (C=O) groups is 1. The van der Waals surface area contributed by atoms with Crippen LogP contribution in [0.2, 0.25) is 0 Å². The lowest BCUT2D eigenvalue weighted by molar-refractivity contribution is -0.179. The minimum atomic E-state index is -1.64. The van der Waals surface area contributed by atoms with E-state index in [0.29, 0.717) is 13.1 Å². The lowest BCUT2D eigenvalue weighted by Gasteiger charge is -2.46. The highest BCUT2D eigenvalue weighted by Crippen LogP contribution is 2.42. The summed E-state index contributed by atoms with van der Waals surface area (Å²) in [7, 11) is 0. The molecule has 11 nitrogen and oxygen atoms in total. The van der Waals surface area contributed by atoms with Gasteiger partial charge in [0.2, 0.25) is 5.91 Å². The van der Waals surface area contributed by atoms with Crippen molar-refractivity contribution in [1.29, 1.82) is 0 Å². The number of ether oxygens (including phenoxy) is 2. The Balaban J connectivity index is 1.43. The maximum atomic E-state index is 13.8. The fraction of sp³-hybridized carbons (Fsp3) is 0.625. The summed E-state index contributed by atoms with van der Waals surface area (Å²) in [5.41, 5.74) is -2.81. The van der Waals surface area contributed by atoms with Crippen molar-refractivity contribution in [3.05, 3.63) is 35.8 Å². The fourth-order valence-electron chi connectivity index (χ4n) is 4.99. The SMILES string of the molecule is O=C(C(S[C@@H]1O[C@H](CO)[C@H](O)[C@H](n2cc(-c3cc(F)c(F)c(F)c3)nn2)[C@H]1O)C1(O)CCOCC1)N1CCC1. The number of hydrogen-bond acceptors (Lipinski definition) is 10. The molecular formula is C24H29F3N4O7S. The van der Waals surface area contributed by atoms with Gasteiger partial charge in [0.25, 0.3) is 0 Å². The second kappa shape index (κ2) is 11.3. The molecule has 1 amide bonds. The lowest BCUT2D eigenvalue weighted by Crippen LogP contribution is -2.59. The summed E-state index contributed by atoms with van der Waals surface area (Å²) in [6.45, 7) is 0.955. The summed E-state index contributed by atoms with van der Waals surface area (Å²) >= 11 is 0.900. The van der Waals surface area contributed by atoms with Crippen molar-refractivity contribution in [1.82, 2.24) is 19.9 Å². The zero-order valence-electron chi connectivity index (χ0n) is 20.7. The topological polar surface area (TPSA) is 150 Å². The van der Waals surface area contributed by atoms with Crippen LogP contribution in [0.15, 0.2) is 18.3 Å². The molecule has 6 atom stereocenters. The van der Waals surface area contributed by atoms with Crippen molar-refractivity contribution in [3.63, 3.8) is 0 Å². The number of aliphatic hydroxyl groups excluding tert-OH is 3.